The molecule has 0 fully saturated rings. The summed E-state index contributed by atoms with van der Waals surface area (Å²) in [6.07, 6.45) is 1.13. The third-order valence-electron chi connectivity index (χ3n) is 2.77. The molecule has 0 aliphatic carbocycles. The molecule has 0 unspecified atom stereocenters. The topological polar surface area (TPSA) is 94.3 Å². The molecule has 0 bridgehead atoms. The van der Waals surface area contributed by atoms with Crippen molar-refractivity contribution >= 4 is 15.5 Å². The van der Waals surface area contributed by atoms with Gasteiger partial charge in [-0.1, -0.05) is 11.2 Å². The molecule has 0 amide bonds. The van der Waals surface area contributed by atoms with Gasteiger partial charge in [0.05, 0.1) is 11.3 Å². The second kappa shape index (κ2) is 4.78. The first-order chi connectivity index (χ1) is 9.53. The first-order valence-electron chi connectivity index (χ1n) is 6.03. The van der Waals surface area contributed by atoms with Crippen LogP contribution in [0.3, 0.4) is 0 Å². The van der Waals surface area contributed by atoms with Crippen molar-refractivity contribution in [2.45, 2.75) is 5.75 Å². The number of benzene rings is 1. The number of fused-ring (bicyclic) bond motifs is 1. The molecule has 1 aromatic heterocycles. The molecular formula is C12H13N3O4S. The van der Waals surface area contributed by atoms with Crippen LogP contribution in [0, 0.1) is 0 Å². The van der Waals surface area contributed by atoms with Gasteiger partial charge in [-0.15, -0.1) is 0 Å². The molecule has 106 valence electrons. The number of anilines is 1. The van der Waals surface area contributed by atoms with Crippen LogP contribution in [0.5, 0.6) is 5.75 Å². The highest BCUT2D eigenvalue weighted by atomic mass is 32.2. The molecule has 1 N–H and O–H groups in total. The molecule has 0 spiro atoms. The van der Waals surface area contributed by atoms with E-state index >= 15 is 0 Å². The maximum atomic E-state index is 11.2. The third-order valence-corrected chi connectivity index (χ3v) is 3.55. The molecule has 0 atom stereocenters. The SMILES string of the molecule is CS(=O)(=O)Cc1noc(-c2cccc3c2OCCN3)n1. The zero-order valence-electron chi connectivity index (χ0n) is 10.8. The van der Waals surface area contributed by atoms with Gasteiger partial charge < -0.3 is 14.6 Å². The van der Waals surface area contributed by atoms with Crippen molar-refractivity contribution in [2.24, 2.45) is 0 Å². The number of ether oxygens (including phenoxy) is 1. The Labute approximate surface area is 115 Å². The maximum absolute atomic E-state index is 11.2. The Morgan fingerprint density at radius 1 is 1.40 bits per heavy atom. The standard InChI is InChI=1S/C12H13N3O4S/c1-20(16,17)7-10-14-12(19-15-10)8-3-2-4-9-11(8)18-6-5-13-9/h2-4,13H,5-7H2,1H3. The van der Waals surface area contributed by atoms with E-state index < -0.39 is 9.84 Å². The van der Waals surface area contributed by atoms with Crippen molar-refractivity contribution in [3.05, 3.63) is 24.0 Å². The fourth-order valence-electron chi connectivity index (χ4n) is 2.00. The Balaban J connectivity index is 1.98. The summed E-state index contributed by atoms with van der Waals surface area (Å²) in [4.78, 5) is 4.11. The van der Waals surface area contributed by atoms with Crippen LogP contribution in [-0.4, -0.2) is 38.0 Å². The van der Waals surface area contributed by atoms with E-state index in [0.29, 0.717) is 17.9 Å². The van der Waals surface area contributed by atoms with E-state index in [1.54, 1.807) is 6.07 Å². The highest BCUT2D eigenvalue weighted by Gasteiger charge is 2.20. The summed E-state index contributed by atoms with van der Waals surface area (Å²) in [5, 5.41) is 6.89. The third kappa shape index (κ3) is 2.60. The van der Waals surface area contributed by atoms with Gasteiger partial charge in [0.25, 0.3) is 5.89 Å². The Kier molecular flexibility index (Phi) is 3.09. The fourth-order valence-corrected chi connectivity index (χ4v) is 2.58. The normalized spacial score (nSPS) is 14.2. The molecule has 3 rings (SSSR count). The Hall–Kier alpha value is -2.09. The van der Waals surface area contributed by atoms with E-state index in [-0.39, 0.29) is 17.5 Å². The van der Waals surface area contributed by atoms with Gasteiger partial charge in [0.2, 0.25) is 0 Å². The number of rotatable bonds is 3. The van der Waals surface area contributed by atoms with Crippen molar-refractivity contribution in [2.75, 3.05) is 24.7 Å². The first kappa shape index (κ1) is 12.9. The van der Waals surface area contributed by atoms with Crippen molar-refractivity contribution < 1.29 is 17.7 Å². The minimum absolute atomic E-state index is 0.142. The number of hydrogen-bond acceptors (Lipinski definition) is 7. The minimum atomic E-state index is -3.19. The summed E-state index contributed by atoms with van der Waals surface area (Å²) < 4.78 is 33.2. The van der Waals surface area contributed by atoms with Crippen LogP contribution in [0.2, 0.25) is 0 Å². The highest BCUT2D eigenvalue weighted by molar-refractivity contribution is 7.89. The lowest BCUT2D eigenvalue weighted by atomic mass is 10.1. The molecule has 2 aromatic rings. The summed E-state index contributed by atoms with van der Waals surface area (Å²) in [7, 11) is -3.19. The number of sulfone groups is 1. The summed E-state index contributed by atoms with van der Waals surface area (Å²) in [5.41, 5.74) is 1.51. The van der Waals surface area contributed by atoms with Crippen LogP contribution in [0.15, 0.2) is 22.7 Å². The van der Waals surface area contributed by atoms with E-state index in [2.05, 4.69) is 15.5 Å². The predicted molar refractivity (Wildman–Crippen MR) is 72.3 cm³/mol. The van der Waals surface area contributed by atoms with Gasteiger partial charge in [-0.25, -0.2) is 8.42 Å². The first-order valence-corrected chi connectivity index (χ1v) is 8.09. The zero-order chi connectivity index (χ0) is 14.2. The highest BCUT2D eigenvalue weighted by Crippen LogP contribution is 2.37. The lowest BCUT2D eigenvalue weighted by molar-refractivity contribution is 0.322. The molecule has 8 heteroatoms. The smallest absolute Gasteiger partial charge is 0.261 e. The summed E-state index contributed by atoms with van der Waals surface area (Å²) >= 11 is 0. The van der Waals surface area contributed by atoms with Gasteiger partial charge >= 0.3 is 0 Å². The number of hydrogen-bond donors (Lipinski definition) is 1. The van der Waals surface area contributed by atoms with Crippen LogP contribution < -0.4 is 10.1 Å². The summed E-state index contributed by atoms with van der Waals surface area (Å²) in [6.45, 7) is 1.29. The van der Waals surface area contributed by atoms with Crippen LogP contribution in [0.1, 0.15) is 5.82 Å². The van der Waals surface area contributed by atoms with Gasteiger partial charge in [0.1, 0.15) is 12.4 Å². The number of para-hydroxylation sites is 1. The maximum Gasteiger partial charge on any atom is 0.261 e. The molecule has 20 heavy (non-hydrogen) atoms. The van der Waals surface area contributed by atoms with Crippen molar-refractivity contribution in [3.8, 4) is 17.2 Å². The van der Waals surface area contributed by atoms with Crippen LogP contribution in [0.25, 0.3) is 11.5 Å². The van der Waals surface area contributed by atoms with Crippen LogP contribution in [0.4, 0.5) is 5.69 Å². The lowest BCUT2D eigenvalue weighted by Crippen LogP contribution is -2.18. The average Bonchev–Trinajstić information content (AvgIpc) is 2.84. The Morgan fingerprint density at radius 3 is 3.05 bits per heavy atom. The van der Waals surface area contributed by atoms with E-state index in [4.69, 9.17) is 9.26 Å². The molecule has 2 heterocycles. The van der Waals surface area contributed by atoms with E-state index in [9.17, 15) is 8.42 Å². The molecular weight excluding hydrogens is 282 g/mol. The second-order valence-corrected chi connectivity index (χ2v) is 6.68. The summed E-state index contributed by atoms with van der Waals surface area (Å²) in [6, 6.07) is 5.53. The zero-order valence-corrected chi connectivity index (χ0v) is 11.6. The Morgan fingerprint density at radius 2 is 2.25 bits per heavy atom. The van der Waals surface area contributed by atoms with Gasteiger partial charge in [-0.2, -0.15) is 4.98 Å². The lowest BCUT2D eigenvalue weighted by Gasteiger charge is -2.20. The van der Waals surface area contributed by atoms with E-state index in [1.807, 2.05) is 12.1 Å². The van der Waals surface area contributed by atoms with E-state index in [0.717, 1.165) is 18.5 Å². The number of nitrogens with zero attached hydrogens (tertiary/aromatic N) is 2. The van der Waals surface area contributed by atoms with E-state index in [1.165, 1.54) is 0 Å². The number of nitrogens with one attached hydrogen (secondary N) is 1. The minimum Gasteiger partial charge on any atom is -0.489 e. The van der Waals surface area contributed by atoms with Crippen LogP contribution in [-0.2, 0) is 15.6 Å². The van der Waals surface area contributed by atoms with Crippen molar-refractivity contribution in [1.82, 2.24) is 10.1 Å². The molecule has 7 nitrogen and oxygen atoms in total. The van der Waals surface area contributed by atoms with Crippen molar-refractivity contribution in [1.29, 1.82) is 0 Å². The van der Waals surface area contributed by atoms with Crippen LogP contribution >= 0.6 is 0 Å². The Bertz CT molecular complexity index is 739. The largest absolute Gasteiger partial charge is 0.489 e. The quantitative estimate of drug-likeness (QED) is 0.905. The fraction of sp³-hybridized carbons (Fsp3) is 0.333. The molecule has 0 radical (unpaired) electrons. The molecule has 0 saturated heterocycles. The van der Waals surface area contributed by atoms with Gasteiger partial charge in [-0.05, 0) is 12.1 Å². The molecule has 0 saturated carbocycles. The van der Waals surface area contributed by atoms with Gasteiger partial charge in [0.15, 0.2) is 21.4 Å². The summed E-state index contributed by atoms with van der Waals surface area (Å²) in [5.74, 6) is 0.798. The molecule has 1 aliphatic rings. The average molecular weight is 295 g/mol. The van der Waals surface area contributed by atoms with Gasteiger partial charge in [0, 0.05) is 12.8 Å². The molecule has 1 aliphatic heterocycles. The van der Waals surface area contributed by atoms with Crippen molar-refractivity contribution in [3.63, 3.8) is 0 Å². The predicted octanol–water partition coefficient (Wildman–Crippen LogP) is 1.09. The second-order valence-electron chi connectivity index (χ2n) is 4.54. The van der Waals surface area contributed by atoms with Gasteiger partial charge in [-0.3, -0.25) is 0 Å². The number of aromatic nitrogens is 2. The molecule has 1 aromatic carbocycles. The monoisotopic (exact) mass is 295 g/mol.